The number of aromatic nitrogens is 5. The first-order valence-electron chi connectivity index (χ1n) is 7.50. The average Bonchev–Trinajstić information content (AvgIpc) is 3.02. The van der Waals surface area contributed by atoms with Crippen molar-refractivity contribution in [3.05, 3.63) is 60.2 Å². The first kappa shape index (κ1) is 13.6. The van der Waals surface area contributed by atoms with Crippen molar-refractivity contribution in [3.63, 3.8) is 0 Å². The van der Waals surface area contributed by atoms with Crippen LogP contribution in [0.25, 0.3) is 16.7 Å². The molecule has 0 amide bonds. The molecular weight excluding hydrogens is 288 g/mol. The summed E-state index contributed by atoms with van der Waals surface area (Å²) in [6.07, 6.45) is 3.34. The SMILES string of the molecule is Cc1cc(NC(C)c2cccc3cccnc23)n2ncnc2n1. The molecule has 0 spiro atoms. The lowest BCUT2D eigenvalue weighted by Crippen LogP contribution is -2.12. The lowest BCUT2D eigenvalue weighted by molar-refractivity contribution is 0.841. The Balaban J connectivity index is 1.76. The van der Waals surface area contributed by atoms with Crippen LogP contribution in [-0.2, 0) is 0 Å². The lowest BCUT2D eigenvalue weighted by Gasteiger charge is -2.17. The van der Waals surface area contributed by atoms with Crippen molar-refractivity contribution >= 4 is 22.5 Å². The maximum atomic E-state index is 4.53. The van der Waals surface area contributed by atoms with Crippen molar-refractivity contribution in [2.75, 3.05) is 5.32 Å². The molecule has 0 bridgehead atoms. The Bertz CT molecular complexity index is 985. The fourth-order valence-corrected chi connectivity index (χ4v) is 2.81. The number of rotatable bonds is 3. The van der Waals surface area contributed by atoms with Crippen molar-refractivity contribution in [2.45, 2.75) is 19.9 Å². The Morgan fingerprint density at radius 2 is 2.00 bits per heavy atom. The summed E-state index contributed by atoms with van der Waals surface area (Å²) in [4.78, 5) is 13.0. The number of para-hydroxylation sites is 1. The van der Waals surface area contributed by atoms with Crippen LogP contribution in [0.5, 0.6) is 0 Å². The smallest absolute Gasteiger partial charge is 0.254 e. The topological polar surface area (TPSA) is 68.0 Å². The fourth-order valence-electron chi connectivity index (χ4n) is 2.81. The van der Waals surface area contributed by atoms with Crippen molar-refractivity contribution in [3.8, 4) is 0 Å². The van der Waals surface area contributed by atoms with Gasteiger partial charge >= 0.3 is 0 Å². The molecule has 0 saturated carbocycles. The second kappa shape index (κ2) is 5.31. The predicted molar refractivity (Wildman–Crippen MR) is 89.3 cm³/mol. The van der Waals surface area contributed by atoms with Crippen LogP contribution in [-0.4, -0.2) is 24.6 Å². The van der Waals surface area contributed by atoms with Crippen LogP contribution in [0.4, 0.5) is 5.82 Å². The van der Waals surface area contributed by atoms with E-state index in [1.165, 1.54) is 6.33 Å². The van der Waals surface area contributed by atoms with Crippen molar-refractivity contribution < 1.29 is 0 Å². The van der Waals surface area contributed by atoms with E-state index in [1.807, 2.05) is 25.3 Å². The van der Waals surface area contributed by atoms with Gasteiger partial charge in [-0.05, 0) is 19.9 Å². The summed E-state index contributed by atoms with van der Waals surface area (Å²) in [7, 11) is 0. The van der Waals surface area contributed by atoms with E-state index in [4.69, 9.17) is 0 Å². The maximum absolute atomic E-state index is 4.53. The number of anilines is 1. The van der Waals surface area contributed by atoms with E-state index < -0.39 is 0 Å². The lowest BCUT2D eigenvalue weighted by atomic mass is 10.0. The molecule has 1 aromatic carbocycles. The van der Waals surface area contributed by atoms with Crippen LogP contribution < -0.4 is 5.32 Å². The minimum absolute atomic E-state index is 0.0720. The van der Waals surface area contributed by atoms with Crippen molar-refractivity contribution in [2.24, 2.45) is 0 Å². The van der Waals surface area contributed by atoms with Gasteiger partial charge in [-0.3, -0.25) is 4.98 Å². The van der Waals surface area contributed by atoms with Crippen LogP contribution in [0.15, 0.2) is 48.9 Å². The molecule has 1 unspecified atom stereocenters. The third kappa shape index (κ3) is 2.38. The van der Waals surface area contributed by atoms with E-state index in [-0.39, 0.29) is 6.04 Å². The Morgan fingerprint density at radius 3 is 2.91 bits per heavy atom. The molecule has 0 saturated heterocycles. The van der Waals surface area contributed by atoms with Gasteiger partial charge in [-0.25, -0.2) is 4.98 Å². The van der Waals surface area contributed by atoms with Crippen LogP contribution in [0, 0.1) is 6.92 Å². The highest BCUT2D eigenvalue weighted by atomic mass is 15.4. The van der Waals surface area contributed by atoms with Gasteiger partial charge in [0.2, 0.25) is 0 Å². The number of nitrogens with zero attached hydrogens (tertiary/aromatic N) is 5. The number of aryl methyl sites for hydroxylation is 1. The van der Waals surface area contributed by atoms with Crippen LogP contribution in [0.2, 0.25) is 0 Å². The molecule has 4 rings (SSSR count). The van der Waals surface area contributed by atoms with Gasteiger partial charge in [0.05, 0.1) is 11.6 Å². The molecule has 3 aromatic heterocycles. The molecule has 114 valence electrons. The standard InChI is InChI=1S/C17H16N6/c1-11-9-15(23-17(21-11)19-10-20-23)22-12(2)14-7-3-5-13-6-4-8-18-16(13)14/h3-10,12,22H,1-2H3. The average molecular weight is 304 g/mol. The Hall–Kier alpha value is -3.02. The molecule has 6 nitrogen and oxygen atoms in total. The summed E-state index contributed by atoms with van der Waals surface area (Å²) in [5, 5.41) is 8.87. The Kier molecular flexibility index (Phi) is 3.15. The van der Waals surface area contributed by atoms with Gasteiger partial charge in [-0.15, -0.1) is 0 Å². The zero-order valence-corrected chi connectivity index (χ0v) is 12.9. The molecule has 0 aliphatic heterocycles. The minimum atomic E-state index is 0.0720. The molecule has 4 aromatic rings. The summed E-state index contributed by atoms with van der Waals surface area (Å²) in [5.41, 5.74) is 3.05. The highest BCUT2D eigenvalue weighted by molar-refractivity contribution is 5.82. The number of hydrogen-bond acceptors (Lipinski definition) is 5. The Morgan fingerprint density at radius 1 is 1.13 bits per heavy atom. The van der Waals surface area contributed by atoms with E-state index >= 15 is 0 Å². The van der Waals surface area contributed by atoms with Gasteiger partial charge in [0.15, 0.2) is 0 Å². The van der Waals surface area contributed by atoms with Crippen molar-refractivity contribution in [1.29, 1.82) is 0 Å². The van der Waals surface area contributed by atoms with Gasteiger partial charge in [-0.2, -0.15) is 14.6 Å². The van der Waals surface area contributed by atoms with E-state index in [1.54, 1.807) is 4.52 Å². The molecule has 23 heavy (non-hydrogen) atoms. The molecule has 1 N–H and O–H groups in total. The molecular formula is C17H16N6. The fraction of sp³-hybridized carbons (Fsp3) is 0.176. The molecule has 0 fully saturated rings. The third-order valence-corrected chi connectivity index (χ3v) is 3.87. The number of nitrogens with one attached hydrogen (secondary N) is 1. The van der Waals surface area contributed by atoms with Crippen LogP contribution >= 0.6 is 0 Å². The van der Waals surface area contributed by atoms with E-state index in [2.05, 4.69) is 56.6 Å². The van der Waals surface area contributed by atoms with E-state index in [9.17, 15) is 0 Å². The van der Waals surface area contributed by atoms with Crippen LogP contribution in [0.3, 0.4) is 0 Å². The van der Waals surface area contributed by atoms with E-state index in [0.29, 0.717) is 5.78 Å². The summed E-state index contributed by atoms with van der Waals surface area (Å²) >= 11 is 0. The number of fused-ring (bicyclic) bond motifs is 2. The molecule has 0 aliphatic rings. The molecule has 1 atom stereocenters. The molecule has 0 radical (unpaired) electrons. The monoisotopic (exact) mass is 304 g/mol. The van der Waals surface area contributed by atoms with Gasteiger partial charge < -0.3 is 5.32 Å². The van der Waals surface area contributed by atoms with Crippen LogP contribution in [0.1, 0.15) is 24.2 Å². The maximum Gasteiger partial charge on any atom is 0.254 e. The van der Waals surface area contributed by atoms with Gasteiger partial charge in [0.25, 0.3) is 5.78 Å². The molecule has 6 heteroatoms. The van der Waals surface area contributed by atoms with Gasteiger partial charge in [-0.1, -0.05) is 24.3 Å². The quantitative estimate of drug-likeness (QED) is 0.629. The second-order valence-corrected chi connectivity index (χ2v) is 5.54. The van der Waals surface area contributed by atoms with Crippen molar-refractivity contribution in [1.82, 2.24) is 24.6 Å². The number of benzene rings is 1. The zero-order chi connectivity index (χ0) is 15.8. The zero-order valence-electron chi connectivity index (χ0n) is 12.9. The molecule has 3 heterocycles. The Labute approximate surface area is 133 Å². The first-order chi connectivity index (χ1) is 11.2. The van der Waals surface area contributed by atoms with E-state index in [0.717, 1.165) is 28.0 Å². The summed E-state index contributed by atoms with van der Waals surface area (Å²) in [6, 6.07) is 12.3. The normalized spacial score (nSPS) is 12.6. The summed E-state index contributed by atoms with van der Waals surface area (Å²) in [5.74, 6) is 1.46. The number of pyridine rings is 1. The van der Waals surface area contributed by atoms with Gasteiger partial charge in [0.1, 0.15) is 12.1 Å². The highest BCUT2D eigenvalue weighted by Crippen LogP contribution is 2.25. The minimum Gasteiger partial charge on any atom is -0.363 e. The second-order valence-electron chi connectivity index (χ2n) is 5.54. The summed E-state index contributed by atoms with van der Waals surface area (Å²) in [6.45, 7) is 4.06. The highest BCUT2D eigenvalue weighted by Gasteiger charge is 2.13. The third-order valence-electron chi connectivity index (χ3n) is 3.87. The summed E-state index contributed by atoms with van der Waals surface area (Å²) < 4.78 is 1.71. The van der Waals surface area contributed by atoms with Gasteiger partial charge in [0, 0.05) is 28.9 Å². The number of hydrogen-bond donors (Lipinski definition) is 1. The predicted octanol–water partition coefficient (Wildman–Crippen LogP) is 3.15. The first-order valence-corrected chi connectivity index (χ1v) is 7.50. The molecule has 0 aliphatic carbocycles. The largest absolute Gasteiger partial charge is 0.363 e.